The number of hydrogen-bond acceptors (Lipinski definition) is 4. The smallest absolute Gasteiger partial charge is 0.326 e. The van der Waals surface area contributed by atoms with Crippen molar-refractivity contribution in [2.75, 3.05) is 37.8 Å². The van der Waals surface area contributed by atoms with Crippen LogP contribution in [0.15, 0.2) is 42.5 Å². The van der Waals surface area contributed by atoms with Crippen molar-refractivity contribution >= 4 is 17.4 Å². The van der Waals surface area contributed by atoms with Gasteiger partial charge < -0.3 is 19.5 Å². The summed E-state index contributed by atoms with van der Waals surface area (Å²) in [5, 5.41) is 2.96. The van der Waals surface area contributed by atoms with E-state index in [1.807, 2.05) is 18.2 Å². The topological polar surface area (TPSA) is 60.0 Å². The number of benzene rings is 2. The average Bonchev–Trinajstić information content (AvgIpc) is 2.89. The number of aryl methyl sites for hydroxylation is 1. The highest BCUT2D eigenvalue weighted by molar-refractivity contribution is 6.03. The van der Waals surface area contributed by atoms with E-state index in [2.05, 4.69) is 11.4 Å². The van der Waals surface area contributed by atoms with E-state index in [9.17, 15) is 4.79 Å². The highest BCUT2D eigenvalue weighted by Crippen LogP contribution is 2.31. The standard InChI is InChI=1S/C20H24N2O4/c1-24-14-26-16-10-11-17(19(13-16)25-2)21-20(23)22-12-6-5-8-15-7-3-4-9-18(15)22/h3-4,7,9-11,13H,5-6,8,12,14H2,1-2H3,(H,21,23). The van der Waals surface area contributed by atoms with E-state index < -0.39 is 0 Å². The summed E-state index contributed by atoms with van der Waals surface area (Å²) >= 11 is 0. The van der Waals surface area contributed by atoms with Crippen molar-refractivity contribution in [2.24, 2.45) is 0 Å². The lowest BCUT2D eigenvalue weighted by molar-refractivity contribution is 0.0510. The van der Waals surface area contributed by atoms with E-state index in [0.29, 0.717) is 23.7 Å². The molecule has 3 rings (SSSR count). The first-order valence-electron chi connectivity index (χ1n) is 8.69. The Bertz CT molecular complexity index is 763. The van der Waals surface area contributed by atoms with Crippen molar-refractivity contribution in [1.29, 1.82) is 0 Å². The first-order chi connectivity index (χ1) is 12.7. The first kappa shape index (κ1) is 18.1. The van der Waals surface area contributed by atoms with Crippen LogP contribution in [0.3, 0.4) is 0 Å². The third-order valence-corrected chi connectivity index (χ3v) is 4.36. The Morgan fingerprint density at radius 1 is 1.15 bits per heavy atom. The predicted molar refractivity (Wildman–Crippen MR) is 101 cm³/mol. The highest BCUT2D eigenvalue weighted by atomic mass is 16.7. The number of methoxy groups -OCH3 is 2. The van der Waals surface area contributed by atoms with E-state index in [0.717, 1.165) is 24.9 Å². The summed E-state index contributed by atoms with van der Waals surface area (Å²) in [5.41, 5.74) is 2.78. The van der Waals surface area contributed by atoms with Crippen molar-refractivity contribution in [2.45, 2.75) is 19.3 Å². The minimum Gasteiger partial charge on any atom is -0.494 e. The monoisotopic (exact) mass is 356 g/mol. The van der Waals surface area contributed by atoms with Crippen LogP contribution >= 0.6 is 0 Å². The normalized spacial score (nSPS) is 13.5. The summed E-state index contributed by atoms with van der Waals surface area (Å²) in [5.74, 6) is 1.15. The Morgan fingerprint density at radius 2 is 2.00 bits per heavy atom. The van der Waals surface area contributed by atoms with E-state index in [1.54, 1.807) is 37.3 Å². The van der Waals surface area contributed by atoms with Crippen LogP contribution in [-0.4, -0.2) is 33.6 Å². The van der Waals surface area contributed by atoms with E-state index in [-0.39, 0.29) is 12.8 Å². The Hall–Kier alpha value is -2.73. The number of carbonyl (C=O) groups is 1. The number of para-hydroxylation sites is 1. The van der Waals surface area contributed by atoms with Gasteiger partial charge in [0.15, 0.2) is 6.79 Å². The molecule has 1 aliphatic rings. The molecule has 0 unspecified atom stereocenters. The van der Waals surface area contributed by atoms with E-state index >= 15 is 0 Å². The first-order valence-corrected chi connectivity index (χ1v) is 8.69. The summed E-state index contributed by atoms with van der Waals surface area (Å²) in [4.78, 5) is 14.7. The van der Waals surface area contributed by atoms with Gasteiger partial charge in [-0.2, -0.15) is 0 Å². The molecule has 0 bridgehead atoms. The number of nitrogens with zero attached hydrogens (tertiary/aromatic N) is 1. The van der Waals surface area contributed by atoms with Crippen LogP contribution in [0.1, 0.15) is 18.4 Å². The lowest BCUT2D eigenvalue weighted by Crippen LogP contribution is -2.35. The third-order valence-electron chi connectivity index (χ3n) is 4.36. The fraction of sp³-hybridized carbons (Fsp3) is 0.350. The van der Waals surface area contributed by atoms with Crippen LogP contribution in [0.25, 0.3) is 0 Å². The van der Waals surface area contributed by atoms with Gasteiger partial charge in [0, 0.05) is 25.4 Å². The molecular formula is C20H24N2O4. The molecule has 138 valence electrons. The lowest BCUT2D eigenvalue weighted by atomic mass is 10.1. The largest absolute Gasteiger partial charge is 0.494 e. The van der Waals surface area contributed by atoms with Crippen LogP contribution in [0.5, 0.6) is 11.5 Å². The SMILES string of the molecule is COCOc1ccc(NC(=O)N2CCCCc3ccccc32)c(OC)c1. The van der Waals surface area contributed by atoms with Gasteiger partial charge in [0.1, 0.15) is 11.5 Å². The third kappa shape index (κ3) is 4.08. The van der Waals surface area contributed by atoms with Gasteiger partial charge in [0.05, 0.1) is 12.8 Å². The van der Waals surface area contributed by atoms with Gasteiger partial charge in [0.2, 0.25) is 0 Å². The Kier molecular flexibility index (Phi) is 5.96. The maximum Gasteiger partial charge on any atom is 0.326 e. The summed E-state index contributed by atoms with van der Waals surface area (Å²) in [7, 11) is 3.12. The molecule has 2 amide bonds. The fourth-order valence-electron chi connectivity index (χ4n) is 3.08. The molecule has 0 saturated heterocycles. The lowest BCUT2D eigenvalue weighted by Gasteiger charge is -2.24. The molecule has 6 nitrogen and oxygen atoms in total. The summed E-state index contributed by atoms with van der Waals surface area (Å²) in [6.07, 6.45) is 3.05. The average molecular weight is 356 g/mol. The number of anilines is 2. The molecule has 6 heteroatoms. The Morgan fingerprint density at radius 3 is 2.81 bits per heavy atom. The zero-order valence-electron chi connectivity index (χ0n) is 15.2. The van der Waals surface area contributed by atoms with E-state index in [1.165, 1.54) is 5.56 Å². The predicted octanol–water partition coefficient (Wildman–Crippen LogP) is 4.05. The second-order valence-corrected chi connectivity index (χ2v) is 6.08. The molecule has 1 N–H and O–H groups in total. The van der Waals surface area contributed by atoms with Gasteiger partial charge >= 0.3 is 6.03 Å². The van der Waals surface area contributed by atoms with E-state index in [4.69, 9.17) is 14.2 Å². The molecule has 0 aliphatic carbocycles. The maximum atomic E-state index is 12.9. The Labute approximate surface area is 153 Å². The molecule has 1 heterocycles. The number of hydrogen-bond donors (Lipinski definition) is 1. The summed E-state index contributed by atoms with van der Waals surface area (Å²) in [6, 6.07) is 13.2. The molecule has 0 fully saturated rings. The molecule has 0 spiro atoms. The van der Waals surface area contributed by atoms with Gasteiger partial charge in [-0.3, -0.25) is 4.90 Å². The number of ether oxygens (including phenoxy) is 3. The second-order valence-electron chi connectivity index (χ2n) is 6.08. The van der Waals surface area contributed by atoms with Gasteiger partial charge in [-0.25, -0.2) is 4.79 Å². The molecule has 2 aromatic rings. The number of nitrogens with one attached hydrogen (secondary N) is 1. The van der Waals surface area contributed by atoms with Crippen LogP contribution in [0, 0.1) is 0 Å². The molecule has 0 saturated carbocycles. The van der Waals surface area contributed by atoms with Crippen LogP contribution in [0.2, 0.25) is 0 Å². The van der Waals surface area contributed by atoms with Gasteiger partial charge in [-0.05, 0) is 43.0 Å². The quantitative estimate of drug-likeness (QED) is 0.821. The highest BCUT2D eigenvalue weighted by Gasteiger charge is 2.21. The van der Waals surface area contributed by atoms with Gasteiger partial charge in [-0.1, -0.05) is 18.2 Å². The molecular weight excluding hydrogens is 332 g/mol. The fourth-order valence-corrected chi connectivity index (χ4v) is 3.08. The molecule has 26 heavy (non-hydrogen) atoms. The van der Waals surface area contributed by atoms with Crippen molar-refractivity contribution in [1.82, 2.24) is 0 Å². The molecule has 1 aliphatic heterocycles. The second kappa shape index (κ2) is 8.58. The number of amides is 2. The number of urea groups is 1. The van der Waals surface area contributed by atoms with Crippen molar-refractivity contribution in [3.05, 3.63) is 48.0 Å². The molecule has 2 aromatic carbocycles. The summed E-state index contributed by atoms with van der Waals surface area (Å²) in [6.45, 7) is 0.847. The number of rotatable bonds is 5. The maximum absolute atomic E-state index is 12.9. The zero-order valence-corrected chi connectivity index (χ0v) is 15.2. The van der Waals surface area contributed by atoms with Crippen molar-refractivity contribution in [3.63, 3.8) is 0 Å². The zero-order chi connectivity index (χ0) is 18.4. The van der Waals surface area contributed by atoms with Crippen LogP contribution in [-0.2, 0) is 11.2 Å². The number of fused-ring (bicyclic) bond motifs is 1. The minimum absolute atomic E-state index is 0.152. The van der Waals surface area contributed by atoms with Crippen LogP contribution in [0.4, 0.5) is 16.2 Å². The van der Waals surface area contributed by atoms with Crippen molar-refractivity contribution < 1.29 is 19.0 Å². The molecule has 0 radical (unpaired) electrons. The molecule has 0 aromatic heterocycles. The van der Waals surface area contributed by atoms with Gasteiger partial charge in [-0.15, -0.1) is 0 Å². The van der Waals surface area contributed by atoms with Crippen molar-refractivity contribution in [3.8, 4) is 11.5 Å². The Balaban J connectivity index is 1.79. The summed E-state index contributed by atoms with van der Waals surface area (Å²) < 4.78 is 15.7. The number of carbonyl (C=O) groups excluding carboxylic acids is 1. The molecule has 0 atom stereocenters. The van der Waals surface area contributed by atoms with Crippen LogP contribution < -0.4 is 19.7 Å². The minimum atomic E-state index is -0.164. The van der Waals surface area contributed by atoms with Gasteiger partial charge in [0.25, 0.3) is 0 Å².